The lowest BCUT2D eigenvalue weighted by Gasteiger charge is -2.15. The number of hydrogen-bond donors (Lipinski definition) is 2. The van der Waals surface area contributed by atoms with Gasteiger partial charge >= 0.3 is 0 Å². The molecule has 2 amide bonds. The van der Waals surface area contributed by atoms with Gasteiger partial charge in [0.05, 0.1) is 18.5 Å². The number of amides is 2. The van der Waals surface area contributed by atoms with E-state index in [1.54, 1.807) is 17.7 Å². The number of aromatic nitrogens is 3. The summed E-state index contributed by atoms with van der Waals surface area (Å²) in [7, 11) is 1.61. The van der Waals surface area contributed by atoms with Crippen LogP contribution in [0.1, 0.15) is 29.8 Å². The van der Waals surface area contributed by atoms with Crippen molar-refractivity contribution in [3.8, 4) is 28.3 Å². The molecule has 1 saturated heterocycles. The van der Waals surface area contributed by atoms with E-state index >= 15 is 0 Å². The van der Waals surface area contributed by atoms with Crippen molar-refractivity contribution >= 4 is 17.5 Å². The number of nitrogens with one attached hydrogen (secondary N) is 2. The van der Waals surface area contributed by atoms with Crippen LogP contribution in [0.15, 0.2) is 66.7 Å². The minimum atomic E-state index is -0.571. The van der Waals surface area contributed by atoms with Crippen LogP contribution < -0.4 is 15.4 Å². The number of rotatable bonds is 5. The maximum Gasteiger partial charge on any atom is 0.270 e. The van der Waals surface area contributed by atoms with Gasteiger partial charge in [0, 0.05) is 23.7 Å². The second-order valence-corrected chi connectivity index (χ2v) is 8.24. The van der Waals surface area contributed by atoms with Crippen molar-refractivity contribution in [1.29, 1.82) is 0 Å². The van der Waals surface area contributed by atoms with Crippen LogP contribution in [0.5, 0.6) is 5.75 Å². The highest BCUT2D eigenvalue weighted by atomic mass is 16.5. The van der Waals surface area contributed by atoms with E-state index < -0.39 is 11.9 Å². The number of fused-ring (bicyclic) bond motifs is 1. The summed E-state index contributed by atoms with van der Waals surface area (Å²) in [6.07, 6.45) is 2.38. The van der Waals surface area contributed by atoms with Crippen molar-refractivity contribution in [2.24, 2.45) is 0 Å². The van der Waals surface area contributed by atoms with Gasteiger partial charge in [0.1, 0.15) is 17.5 Å². The molecule has 0 unspecified atom stereocenters. The molecule has 1 aliphatic rings. The lowest BCUT2D eigenvalue weighted by molar-refractivity contribution is -0.122. The van der Waals surface area contributed by atoms with Gasteiger partial charge in [-0.3, -0.25) is 9.59 Å². The second kappa shape index (κ2) is 9.35. The Labute approximate surface area is 197 Å². The third kappa shape index (κ3) is 4.34. The van der Waals surface area contributed by atoms with Gasteiger partial charge in [-0.05, 0) is 37.5 Å². The lowest BCUT2D eigenvalue weighted by Crippen LogP contribution is -2.45. The van der Waals surface area contributed by atoms with Crippen molar-refractivity contribution in [3.05, 3.63) is 72.4 Å². The topological polar surface area (TPSA) is 97.6 Å². The number of benzene rings is 2. The molecule has 8 heteroatoms. The van der Waals surface area contributed by atoms with Crippen LogP contribution in [0.4, 0.5) is 0 Å². The molecule has 172 valence electrons. The van der Waals surface area contributed by atoms with Gasteiger partial charge in [-0.1, -0.05) is 42.5 Å². The van der Waals surface area contributed by atoms with E-state index in [9.17, 15) is 9.59 Å². The fourth-order valence-electron chi connectivity index (χ4n) is 4.14. The number of methoxy groups -OCH3 is 1. The highest BCUT2D eigenvalue weighted by Crippen LogP contribution is 2.27. The van der Waals surface area contributed by atoms with E-state index in [0.29, 0.717) is 30.1 Å². The zero-order chi connectivity index (χ0) is 23.5. The summed E-state index contributed by atoms with van der Waals surface area (Å²) in [5.41, 5.74) is 3.98. The zero-order valence-corrected chi connectivity index (χ0v) is 18.8. The highest BCUT2D eigenvalue weighted by Gasteiger charge is 2.24. The second-order valence-electron chi connectivity index (χ2n) is 8.24. The number of nitrogens with zero attached hydrogens (tertiary/aromatic N) is 3. The Bertz CT molecular complexity index is 1350. The van der Waals surface area contributed by atoms with Crippen molar-refractivity contribution in [1.82, 2.24) is 25.2 Å². The third-order valence-corrected chi connectivity index (χ3v) is 5.94. The minimum Gasteiger partial charge on any atom is -0.497 e. The molecule has 0 saturated carbocycles. The van der Waals surface area contributed by atoms with Crippen LogP contribution in [0.3, 0.4) is 0 Å². The summed E-state index contributed by atoms with van der Waals surface area (Å²) in [4.78, 5) is 30.1. The smallest absolute Gasteiger partial charge is 0.270 e. The van der Waals surface area contributed by atoms with Crippen molar-refractivity contribution in [2.45, 2.75) is 25.3 Å². The van der Waals surface area contributed by atoms with Crippen molar-refractivity contribution in [2.75, 3.05) is 13.7 Å². The van der Waals surface area contributed by atoms with E-state index in [1.165, 1.54) is 0 Å². The fourth-order valence-corrected chi connectivity index (χ4v) is 4.14. The molecule has 0 radical (unpaired) electrons. The van der Waals surface area contributed by atoms with Crippen LogP contribution in [0.2, 0.25) is 0 Å². The molecule has 4 aromatic rings. The summed E-state index contributed by atoms with van der Waals surface area (Å²) in [6, 6.07) is 20.4. The molecule has 1 fully saturated rings. The standard InChI is InChI=1S/C26H25N5O3/c1-34-19-11-7-10-18(14-19)23-15-22(26(33)29-20-12-5-6-13-27-25(20)32)28-24-16-21(30-31(23)24)17-8-3-2-4-9-17/h2-4,7-11,14-16,20H,5-6,12-13H2,1H3,(H,27,32)(H,29,33)/t20-/m0/s1. The van der Waals surface area contributed by atoms with Crippen LogP contribution in [-0.4, -0.2) is 46.1 Å². The first-order chi connectivity index (χ1) is 16.6. The van der Waals surface area contributed by atoms with Crippen molar-refractivity contribution < 1.29 is 14.3 Å². The van der Waals surface area contributed by atoms with Crippen LogP contribution in [0, 0.1) is 0 Å². The van der Waals surface area contributed by atoms with E-state index in [2.05, 4.69) is 15.6 Å². The highest BCUT2D eigenvalue weighted by molar-refractivity contribution is 5.97. The Balaban J connectivity index is 1.59. The SMILES string of the molecule is COc1cccc(-c2cc(C(=O)N[C@H]3CCCCNC3=O)nc3cc(-c4ccccc4)nn23)c1. The Morgan fingerprint density at radius 1 is 1.06 bits per heavy atom. The van der Waals surface area contributed by atoms with Gasteiger partial charge in [-0.25, -0.2) is 9.50 Å². The first-order valence-electron chi connectivity index (χ1n) is 11.3. The zero-order valence-electron chi connectivity index (χ0n) is 18.8. The Morgan fingerprint density at radius 3 is 2.71 bits per heavy atom. The molecule has 1 aliphatic heterocycles. The van der Waals surface area contributed by atoms with Gasteiger partial charge in [-0.15, -0.1) is 0 Å². The van der Waals surface area contributed by atoms with Gasteiger partial charge < -0.3 is 15.4 Å². The van der Waals surface area contributed by atoms with Crippen LogP contribution in [0.25, 0.3) is 28.2 Å². The first-order valence-corrected chi connectivity index (χ1v) is 11.3. The predicted octanol–water partition coefficient (Wildman–Crippen LogP) is 3.47. The van der Waals surface area contributed by atoms with Gasteiger partial charge in [0.2, 0.25) is 5.91 Å². The number of carbonyl (C=O) groups is 2. The molecular weight excluding hydrogens is 430 g/mol. The third-order valence-electron chi connectivity index (χ3n) is 5.94. The normalized spacial score (nSPS) is 16.0. The molecule has 5 rings (SSSR count). The van der Waals surface area contributed by atoms with E-state index in [4.69, 9.17) is 9.84 Å². The molecule has 0 bridgehead atoms. The number of hydrogen-bond acceptors (Lipinski definition) is 5. The van der Waals surface area contributed by atoms with Gasteiger partial charge in [-0.2, -0.15) is 5.10 Å². The minimum absolute atomic E-state index is 0.157. The summed E-state index contributed by atoms with van der Waals surface area (Å²) in [5, 5.41) is 10.5. The molecule has 34 heavy (non-hydrogen) atoms. The molecule has 0 spiro atoms. The van der Waals surface area contributed by atoms with E-state index in [-0.39, 0.29) is 11.6 Å². The monoisotopic (exact) mass is 455 g/mol. The molecule has 8 nitrogen and oxygen atoms in total. The van der Waals surface area contributed by atoms with Crippen LogP contribution >= 0.6 is 0 Å². The average Bonchev–Trinajstić information content (AvgIpc) is 3.21. The molecule has 0 aliphatic carbocycles. The Morgan fingerprint density at radius 2 is 1.88 bits per heavy atom. The number of ether oxygens (including phenoxy) is 1. The maximum atomic E-state index is 13.2. The quantitative estimate of drug-likeness (QED) is 0.480. The largest absolute Gasteiger partial charge is 0.497 e. The fraction of sp³-hybridized carbons (Fsp3) is 0.231. The summed E-state index contributed by atoms with van der Waals surface area (Å²) in [6.45, 7) is 0.632. The number of carbonyl (C=O) groups excluding carboxylic acids is 2. The summed E-state index contributed by atoms with van der Waals surface area (Å²) >= 11 is 0. The van der Waals surface area contributed by atoms with Crippen LogP contribution in [-0.2, 0) is 4.79 Å². The van der Waals surface area contributed by atoms with Gasteiger partial charge in [0.25, 0.3) is 5.91 Å². The van der Waals surface area contributed by atoms with Gasteiger partial charge in [0.15, 0.2) is 5.65 Å². The molecule has 2 N–H and O–H groups in total. The van der Waals surface area contributed by atoms with Crippen molar-refractivity contribution in [3.63, 3.8) is 0 Å². The molecular formula is C26H25N5O3. The molecule has 2 aromatic carbocycles. The predicted molar refractivity (Wildman–Crippen MR) is 129 cm³/mol. The molecule has 1 atom stereocenters. The maximum absolute atomic E-state index is 13.2. The molecule has 3 heterocycles. The molecule has 2 aromatic heterocycles. The summed E-state index contributed by atoms with van der Waals surface area (Å²) in [5.74, 6) is 0.144. The summed E-state index contributed by atoms with van der Waals surface area (Å²) < 4.78 is 7.12. The van der Waals surface area contributed by atoms with E-state index in [1.807, 2.05) is 60.7 Å². The average molecular weight is 456 g/mol. The Hall–Kier alpha value is -4.20. The lowest BCUT2D eigenvalue weighted by atomic mass is 10.1. The Kier molecular flexibility index (Phi) is 5.95. The van der Waals surface area contributed by atoms with E-state index in [0.717, 1.165) is 29.7 Å². The first kappa shape index (κ1) is 21.6.